The lowest BCUT2D eigenvalue weighted by Crippen LogP contribution is -2.55. The van der Waals surface area contributed by atoms with E-state index in [9.17, 15) is 9.90 Å². The largest absolute Gasteiger partial charge is 0.465 e. The first-order valence-electron chi connectivity index (χ1n) is 11.4. The van der Waals surface area contributed by atoms with E-state index in [0.717, 1.165) is 24.0 Å². The summed E-state index contributed by atoms with van der Waals surface area (Å²) in [6.45, 7) is 3.01. The second-order valence-corrected chi connectivity index (χ2v) is 9.78. The number of carbonyl (C=O) groups is 1. The van der Waals surface area contributed by atoms with E-state index >= 15 is 4.39 Å². The molecule has 2 aromatic rings. The molecule has 3 fully saturated rings. The van der Waals surface area contributed by atoms with Crippen LogP contribution in [0.1, 0.15) is 24.0 Å². The molecule has 0 radical (unpaired) electrons. The van der Waals surface area contributed by atoms with E-state index in [-0.39, 0.29) is 36.3 Å². The molecule has 1 aromatic heterocycles. The SMILES string of the molecule is O=C(O)N1CC2CCC(C1)N2c1nc(OC[C@H]2COCCO2)nc2c(F)c(Br)c3c(c12)COC3. The van der Waals surface area contributed by atoms with Crippen molar-refractivity contribution in [2.75, 3.05) is 44.4 Å². The first-order valence-corrected chi connectivity index (χ1v) is 12.2. The van der Waals surface area contributed by atoms with Crippen LogP contribution in [0, 0.1) is 5.82 Å². The Labute approximate surface area is 203 Å². The molecule has 0 saturated carbocycles. The highest BCUT2D eigenvalue weighted by Crippen LogP contribution is 2.44. The van der Waals surface area contributed by atoms with Crippen molar-refractivity contribution in [3.63, 3.8) is 0 Å². The quantitative estimate of drug-likeness (QED) is 0.628. The molecule has 1 aromatic carbocycles. The highest BCUT2D eigenvalue weighted by molar-refractivity contribution is 9.10. The summed E-state index contributed by atoms with van der Waals surface area (Å²) in [5.74, 6) is 0.0908. The molecule has 5 heterocycles. The van der Waals surface area contributed by atoms with Crippen LogP contribution in [0.15, 0.2) is 4.47 Å². The predicted octanol–water partition coefficient (Wildman–Crippen LogP) is 2.69. The summed E-state index contributed by atoms with van der Waals surface area (Å²) < 4.78 is 38.5. The summed E-state index contributed by atoms with van der Waals surface area (Å²) in [6.07, 6.45) is 0.492. The van der Waals surface area contributed by atoms with E-state index in [1.165, 1.54) is 4.90 Å². The maximum Gasteiger partial charge on any atom is 0.407 e. The van der Waals surface area contributed by atoms with Gasteiger partial charge in [-0.25, -0.2) is 9.18 Å². The molecule has 0 spiro atoms. The molecule has 3 atom stereocenters. The summed E-state index contributed by atoms with van der Waals surface area (Å²) in [6, 6.07) is -0.0532. The van der Waals surface area contributed by atoms with Gasteiger partial charge in [0.1, 0.15) is 24.0 Å². The normalized spacial score (nSPS) is 26.2. The summed E-state index contributed by atoms with van der Waals surface area (Å²) in [5, 5.41) is 10.1. The lowest BCUT2D eigenvalue weighted by molar-refractivity contribution is -0.102. The van der Waals surface area contributed by atoms with Gasteiger partial charge < -0.3 is 33.9 Å². The number of ether oxygens (including phenoxy) is 4. The van der Waals surface area contributed by atoms with Crippen molar-refractivity contribution in [3.05, 3.63) is 21.4 Å². The van der Waals surface area contributed by atoms with Crippen LogP contribution in [-0.2, 0) is 27.4 Å². The number of carboxylic acid groups (broad SMARTS) is 1. The van der Waals surface area contributed by atoms with Gasteiger partial charge in [-0.1, -0.05) is 0 Å². The van der Waals surface area contributed by atoms with Gasteiger partial charge in [0.25, 0.3) is 0 Å². The van der Waals surface area contributed by atoms with Crippen molar-refractivity contribution in [1.29, 1.82) is 0 Å². The second kappa shape index (κ2) is 8.74. The Balaban J connectivity index is 1.44. The van der Waals surface area contributed by atoms with Gasteiger partial charge in [0.05, 0.1) is 42.9 Å². The number of likely N-dealkylation sites (tertiary alicyclic amines) is 1. The van der Waals surface area contributed by atoms with Crippen molar-refractivity contribution < 1.29 is 33.2 Å². The smallest absolute Gasteiger partial charge is 0.407 e. The van der Waals surface area contributed by atoms with Crippen LogP contribution in [0.25, 0.3) is 10.9 Å². The third-order valence-corrected chi connectivity index (χ3v) is 7.80. The summed E-state index contributed by atoms with van der Waals surface area (Å²) >= 11 is 3.38. The zero-order valence-corrected chi connectivity index (χ0v) is 19.9. The van der Waals surface area contributed by atoms with Gasteiger partial charge >= 0.3 is 12.1 Å². The molecule has 4 aliphatic rings. The Morgan fingerprint density at radius 3 is 2.62 bits per heavy atom. The molecule has 10 nitrogen and oxygen atoms in total. The van der Waals surface area contributed by atoms with Crippen LogP contribution < -0.4 is 9.64 Å². The number of benzene rings is 1. The van der Waals surface area contributed by atoms with Crippen molar-refractivity contribution in [2.24, 2.45) is 0 Å². The molecular weight excluding hydrogens is 515 g/mol. The predicted molar refractivity (Wildman–Crippen MR) is 121 cm³/mol. The third-order valence-electron chi connectivity index (χ3n) is 6.97. The number of piperazine rings is 1. The number of hydrogen-bond acceptors (Lipinski definition) is 8. The van der Waals surface area contributed by atoms with Crippen LogP contribution in [0.4, 0.5) is 15.0 Å². The van der Waals surface area contributed by atoms with E-state index in [1.807, 2.05) is 0 Å². The molecule has 2 bridgehead atoms. The summed E-state index contributed by atoms with van der Waals surface area (Å²) in [7, 11) is 0. The van der Waals surface area contributed by atoms with Gasteiger partial charge in [0.2, 0.25) is 0 Å². The molecule has 4 aliphatic heterocycles. The maximum atomic E-state index is 15.6. The van der Waals surface area contributed by atoms with Crippen LogP contribution >= 0.6 is 15.9 Å². The average molecular weight is 539 g/mol. The highest BCUT2D eigenvalue weighted by Gasteiger charge is 2.44. The van der Waals surface area contributed by atoms with Crippen molar-refractivity contribution in [3.8, 4) is 6.01 Å². The Bertz CT molecular complexity index is 1130. The second-order valence-electron chi connectivity index (χ2n) is 8.99. The highest BCUT2D eigenvalue weighted by atomic mass is 79.9. The number of fused-ring (bicyclic) bond motifs is 5. The first-order chi connectivity index (χ1) is 16.5. The lowest BCUT2D eigenvalue weighted by Gasteiger charge is -2.41. The van der Waals surface area contributed by atoms with Crippen LogP contribution in [-0.4, -0.2) is 83.8 Å². The molecule has 182 valence electrons. The first kappa shape index (κ1) is 22.2. The number of hydrogen-bond donors (Lipinski definition) is 1. The lowest BCUT2D eigenvalue weighted by atomic mass is 10.0. The molecular formula is C22H24BrFN4O6. The van der Waals surface area contributed by atoms with E-state index in [4.69, 9.17) is 23.9 Å². The van der Waals surface area contributed by atoms with Gasteiger partial charge in [-0.15, -0.1) is 0 Å². The van der Waals surface area contributed by atoms with Crippen LogP contribution in [0.3, 0.4) is 0 Å². The van der Waals surface area contributed by atoms with Crippen molar-refractivity contribution in [2.45, 2.75) is 44.2 Å². The van der Waals surface area contributed by atoms with Crippen molar-refractivity contribution in [1.82, 2.24) is 14.9 Å². The fourth-order valence-corrected chi connectivity index (χ4v) is 5.95. The average Bonchev–Trinajstić information content (AvgIpc) is 3.43. The number of aromatic nitrogens is 2. The fraction of sp³-hybridized carbons (Fsp3) is 0.591. The van der Waals surface area contributed by atoms with Gasteiger partial charge in [0.15, 0.2) is 5.82 Å². The Morgan fingerprint density at radius 2 is 1.91 bits per heavy atom. The van der Waals surface area contributed by atoms with Gasteiger partial charge in [-0.2, -0.15) is 9.97 Å². The molecule has 12 heteroatoms. The number of halogens is 2. The molecule has 2 unspecified atom stereocenters. The van der Waals surface area contributed by atoms with E-state index in [2.05, 4.69) is 25.8 Å². The molecule has 0 aliphatic carbocycles. The topological polar surface area (TPSA) is 106 Å². The van der Waals surface area contributed by atoms with Gasteiger partial charge in [-0.3, -0.25) is 0 Å². The molecule has 6 rings (SSSR count). The molecule has 1 amide bonds. The van der Waals surface area contributed by atoms with Gasteiger partial charge in [-0.05, 0) is 34.3 Å². The van der Waals surface area contributed by atoms with Gasteiger partial charge in [0, 0.05) is 30.7 Å². The van der Waals surface area contributed by atoms with E-state index in [0.29, 0.717) is 61.8 Å². The minimum atomic E-state index is -0.924. The number of anilines is 1. The standard InChI is InChI=1S/C22H24BrFN4O6/c23-17-15-10-32-9-14(15)16-19(18(17)24)25-21(34-8-13-7-31-3-4-33-13)26-20(16)28-11-1-2-12(28)6-27(5-11)22(29)30/h11-13H,1-10H2,(H,29,30)/t11?,12?,13-/m1/s1. The minimum absolute atomic E-state index is 0.0550. The third kappa shape index (κ3) is 3.67. The van der Waals surface area contributed by atoms with Crippen molar-refractivity contribution >= 4 is 38.7 Å². The molecule has 1 N–H and O–H groups in total. The number of nitrogens with zero attached hydrogens (tertiary/aromatic N) is 4. The Kier molecular flexibility index (Phi) is 5.71. The molecule has 34 heavy (non-hydrogen) atoms. The Morgan fingerprint density at radius 1 is 1.15 bits per heavy atom. The monoisotopic (exact) mass is 538 g/mol. The number of rotatable bonds is 4. The fourth-order valence-electron chi connectivity index (χ4n) is 5.41. The molecule has 3 saturated heterocycles. The van der Waals surface area contributed by atoms with E-state index < -0.39 is 11.9 Å². The van der Waals surface area contributed by atoms with E-state index in [1.54, 1.807) is 0 Å². The zero-order valence-electron chi connectivity index (χ0n) is 18.3. The minimum Gasteiger partial charge on any atom is -0.465 e. The zero-order chi connectivity index (χ0) is 23.4. The number of amides is 1. The maximum absolute atomic E-state index is 15.6. The Hall–Kier alpha value is -2.28. The summed E-state index contributed by atoms with van der Waals surface area (Å²) in [4.78, 5) is 24.4. The summed E-state index contributed by atoms with van der Waals surface area (Å²) in [5.41, 5.74) is 1.78. The van der Waals surface area contributed by atoms with Crippen LogP contribution in [0.2, 0.25) is 0 Å². The van der Waals surface area contributed by atoms with Crippen LogP contribution in [0.5, 0.6) is 6.01 Å².